The quantitative estimate of drug-likeness (QED) is 0.764. The van der Waals surface area contributed by atoms with Crippen LogP contribution < -0.4 is 0 Å². The van der Waals surface area contributed by atoms with Crippen LogP contribution in [0.2, 0.25) is 0 Å². The molecular weight excluding hydrogens is 188 g/mol. The second-order valence-electron chi connectivity index (χ2n) is 3.83. The zero-order chi connectivity index (χ0) is 11.4. The van der Waals surface area contributed by atoms with Gasteiger partial charge in [0, 0.05) is 5.56 Å². The molecular formula is C13H14O2. The first-order valence-corrected chi connectivity index (χ1v) is 4.85. The van der Waals surface area contributed by atoms with Crippen molar-refractivity contribution in [2.24, 2.45) is 5.92 Å². The van der Waals surface area contributed by atoms with Crippen LogP contribution in [-0.2, 0) is 4.79 Å². The van der Waals surface area contributed by atoms with Gasteiger partial charge in [0.1, 0.15) is 0 Å². The van der Waals surface area contributed by atoms with E-state index in [2.05, 4.69) is 5.92 Å². The topological polar surface area (TPSA) is 37.3 Å². The van der Waals surface area contributed by atoms with E-state index >= 15 is 0 Å². The number of carboxylic acids is 1. The second-order valence-corrected chi connectivity index (χ2v) is 3.83. The Bertz CT molecular complexity index is 382. The molecule has 2 heteroatoms. The Balaban J connectivity index is 3.03. The second kappa shape index (κ2) is 4.65. The predicted octanol–water partition coefficient (Wildman–Crippen LogP) is 2.49. The van der Waals surface area contributed by atoms with Gasteiger partial charge >= 0.3 is 5.97 Å². The smallest absolute Gasteiger partial charge is 0.311 e. The minimum absolute atomic E-state index is 0.0687. The highest BCUT2D eigenvalue weighted by Gasteiger charge is 2.22. The van der Waals surface area contributed by atoms with Gasteiger partial charge in [-0.2, -0.15) is 0 Å². The van der Waals surface area contributed by atoms with Crippen molar-refractivity contribution >= 4 is 5.97 Å². The Morgan fingerprint density at radius 3 is 2.20 bits per heavy atom. The van der Waals surface area contributed by atoms with Crippen LogP contribution >= 0.6 is 0 Å². The Kier molecular flexibility index (Phi) is 3.51. The lowest BCUT2D eigenvalue weighted by atomic mass is 9.88. The molecule has 0 fully saturated rings. The summed E-state index contributed by atoms with van der Waals surface area (Å²) in [5.41, 5.74) is 1.57. The third kappa shape index (κ3) is 2.60. The van der Waals surface area contributed by atoms with E-state index in [4.69, 9.17) is 11.5 Å². The zero-order valence-corrected chi connectivity index (χ0v) is 8.90. The highest BCUT2D eigenvalue weighted by molar-refractivity contribution is 5.76. The van der Waals surface area contributed by atoms with Crippen LogP contribution in [0.4, 0.5) is 0 Å². The lowest BCUT2D eigenvalue weighted by Gasteiger charge is -2.16. The van der Waals surface area contributed by atoms with Crippen molar-refractivity contribution in [1.82, 2.24) is 0 Å². The summed E-state index contributed by atoms with van der Waals surface area (Å²) in [5.74, 6) is 1.32. The van der Waals surface area contributed by atoms with Gasteiger partial charge in [-0.1, -0.05) is 31.9 Å². The Labute approximate surface area is 89.9 Å². The van der Waals surface area contributed by atoms with Crippen LogP contribution in [0.15, 0.2) is 24.3 Å². The number of terminal acetylenes is 1. The van der Waals surface area contributed by atoms with Gasteiger partial charge in [-0.05, 0) is 23.6 Å². The molecule has 0 saturated heterocycles. The average molecular weight is 202 g/mol. The van der Waals surface area contributed by atoms with Gasteiger partial charge in [0.15, 0.2) is 0 Å². The van der Waals surface area contributed by atoms with E-state index in [1.54, 1.807) is 24.3 Å². The van der Waals surface area contributed by atoms with Crippen molar-refractivity contribution in [2.75, 3.05) is 0 Å². The van der Waals surface area contributed by atoms with E-state index in [-0.39, 0.29) is 5.92 Å². The molecule has 0 amide bonds. The first kappa shape index (κ1) is 11.3. The van der Waals surface area contributed by atoms with Crippen molar-refractivity contribution < 1.29 is 9.90 Å². The largest absolute Gasteiger partial charge is 0.481 e. The molecule has 0 bridgehead atoms. The van der Waals surface area contributed by atoms with Gasteiger partial charge in [-0.25, -0.2) is 0 Å². The van der Waals surface area contributed by atoms with Crippen LogP contribution in [0.5, 0.6) is 0 Å². The standard InChI is InChI=1S/C13H14O2/c1-4-10-5-7-11(8-6-10)12(9(2)3)13(14)15/h1,5-9,12H,2-3H3,(H,14,15). The molecule has 0 saturated carbocycles. The molecule has 1 aromatic rings. The molecule has 1 aromatic carbocycles. The van der Waals surface area contributed by atoms with E-state index < -0.39 is 11.9 Å². The fraction of sp³-hybridized carbons (Fsp3) is 0.308. The lowest BCUT2D eigenvalue weighted by Crippen LogP contribution is -2.17. The third-order valence-corrected chi connectivity index (χ3v) is 2.37. The zero-order valence-electron chi connectivity index (χ0n) is 8.90. The minimum atomic E-state index is -0.793. The fourth-order valence-corrected chi connectivity index (χ4v) is 1.60. The summed E-state index contributed by atoms with van der Waals surface area (Å²) >= 11 is 0. The third-order valence-electron chi connectivity index (χ3n) is 2.37. The number of hydrogen-bond acceptors (Lipinski definition) is 1. The minimum Gasteiger partial charge on any atom is -0.481 e. The van der Waals surface area contributed by atoms with E-state index in [0.717, 1.165) is 11.1 Å². The van der Waals surface area contributed by atoms with Gasteiger partial charge < -0.3 is 5.11 Å². The van der Waals surface area contributed by atoms with Gasteiger partial charge in [0.2, 0.25) is 0 Å². The van der Waals surface area contributed by atoms with Crippen LogP contribution in [-0.4, -0.2) is 11.1 Å². The number of rotatable bonds is 3. The lowest BCUT2D eigenvalue weighted by molar-refractivity contribution is -0.139. The van der Waals surface area contributed by atoms with E-state index in [1.165, 1.54) is 0 Å². The van der Waals surface area contributed by atoms with Crippen molar-refractivity contribution in [3.8, 4) is 12.3 Å². The van der Waals surface area contributed by atoms with Crippen molar-refractivity contribution in [2.45, 2.75) is 19.8 Å². The molecule has 0 radical (unpaired) electrons. The molecule has 0 aliphatic carbocycles. The first-order valence-electron chi connectivity index (χ1n) is 4.85. The molecule has 1 atom stereocenters. The first-order chi connectivity index (χ1) is 7.06. The number of aliphatic carboxylic acids is 1. The molecule has 2 nitrogen and oxygen atoms in total. The summed E-state index contributed by atoms with van der Waals surface area (Å²) in [4.78, 5) is 11.1. The molecule has 15 heavy (non-hydrogen) atoms. The van der Waals surface area contributed by atoms with E-state index in [1.807, 2.05) is 13.8 Å². The number of hydrogen-bond donors (Lipinski definition) is 1. The summed E-state index contributed by atoms with van der Waals surface area (Å²) in [6.07, 6.45) is 5.23. The highest BCUT2D eigenvalue weighted by atomic mass is 16.4. The maximum atomic E-state index is 11.1. The summed E-state index contributed by atoms with van der Waals surface area (Å²) < 4.78 is 0. The van der Waals surface area contributed by atoms with Gasteiger partial charge in [0.25, 0.3) is 0 Å². The van der Waals surface area contributed by atoms with Gasteiger partial charge in [-0.15, -0.1) is 6.42 Å². The molecule has 0 aromatic heterocycles. The average Bonchev–Trinajstić information content (AvgIpc) is 2.18. The molecule has 78 valence electrons. The molecule has 0 aliphatic heterocycles. The predicted molar refractivity (Wildman–Crippen MR) is 59.6 cm³/mol. The molecule has 0 aliphatic rings. The van der Waals surface area contributed by atoms with Crippen LogP contribution in [0.25, 0.3) is 0 Å². The van der Waals surface area contributed by atoms with E-state index in [9.17, 15) is 4.79 Å². The number of carboxylic acid groups (broad SMARTS) is 1. The number of carbonyl (C=O) groups is 1. The normalized spacial score (nSPS) is 12.1. The summed E-state index contributed by atoms with van der Waals surface area (Å²) in [5, 5.41) is 9.08. The van der Waals surface area contributed by atoms with Gasteiger partial charge in [0.05, 0.1) is 5.92 Å². The molecule has 0 heterocycles. The maximum Gasteiger partial charge on any atom is 0.311 e. The highest BCUT2D eigenvalue weighted by Crippen LogP contribution is 2.24. The fourth-order valence-electron chi connectivity index (χ4n) is 1.60. The van der Waals surface area contributed by atoms with Crippen molar-refractivity contribution in [3.05, 3.63) is 35.4 Å². The molecule has 1 unspecified atom stereocenters. The SMILES string of the molecule is C#Cc1ccc(C(C(=O)O)C(C)C)cc1. The maximum absolute atomic E-state index is 11.1. The van der Waals surface area contributed by atoms with Crippen LogP contribution in [0, 0.1) is 18.3 Å². The van der Waals surface area contributed by atoms with Crippen molar-refractivity contribution in [3.63, 3.8) is 0 Å². The summed E-state index contributed by atoms with van der Waals surface area (Å²) in [6.45, 7) is 3.79. The van der Waals surface area contributed by atoms with E-state index in [0.29, 0.717) is 0 Å². The molecule has 1 rings (SSSR count). The summed E-state index contributed by atoms with van der Waals surface area (Å²) in [7, 11) is 0. The molecule has 0 spiro atoms. The Hall–Kier alpha value is -1.75. The van der Waals surface area contributed by atoms with Crippen LogP contribution in [0.3, 0.4) is 0 Å². The number of benzene rings is 1. The molecule has 1 N–H and O–H groups in total. The van der Waals surface area contributed by atoms with Crippen molar-refractivity contribution in [1.29, 1.82) is 0 Å². The van der Waals surface area contributed by atoms with Crippen LogP contribution in [0.1, 0.15) is 30.9 Å². The Morgan fingerprint density at radius 2 is 1.87 bits per heavy atom. The Morgan fingerprint density at radius 1 is 1.33 bits per heavy atom. The summed E-state index contributed by atoms with van der Waals surface area (Å²) in [6, 6.07) is 7.11. The van der Waals surface area contributed by atoms with Gasteiger partial charge in [-0.3, -0.25) is 4.79 Å². The monoisotopic (exact) mass is 202 g/mol.